The highest BCUT2D eigenvalue weighted by Gasteiger charge is 2.44. The number of carbonyl (C=O) groups is 1. The van der Waals surface area contributed by atoms with Crippen LogP contribution in [0.3, 0.4) is 0 Å². The number of aromatic carboxylic acids is 1. The molecular weight excluding hydrogens is 428 g/mol. The number of carboxylic acids is 1. The summed E-state index contributed by atoms with van der Waals surface area (Å²) >= 11 is 0. The van der Waals surface area contributed by atoms with Crippen molar-refractivity contribution in [2.75, 3.05) is 21.3 Å². The minimum Gasteiger partial charge on any atom is -0.493 e. The fourth-order valence-electron chi connectivity index (χ4n) is 4.41. The molecule has 9 nitrogen and oxygen atoms in total. The van der Waals surface area contributed by atoms with Crippen LogP contribution in [-0.2, 0) is 0 Å². The van der Waals surface area contributed by atoms with Crippen molar-refractivity contribution in [3.8, 4) is 23.0 Å². The van der Waals surface area contributed by atoms with E-state index in [0.717, 1.165) is 11.3 Å². The lowest BCUT2D eigenvalue weighted by Gasteiger charge is -2.39. The molecule has 0 unspecified atom stereocenters. The molecule has 0 radical (unpaired) electrons. The van der Waals surface area contributed by atoms with Crippen molar-refractivity contribution in [1.82, 2.24) is 5.01 Å². The Morgan fingerprint density at radius 3 is 2.52 bits per heavy atom. The van der Waals surface area contributed by atoms with Crippen LogP contribution in [0, 0.1) is 0 Å². The van der Waals surface area contributed by atoms with Gasteiger partial charge in [-0.25, -0.2) is 9.80 Å². The Morgan fingerprint density at radius 1 is 1.03 bits per heavy atom. The van der Waals surface area contributed by atoms with Crippen molar-refractivity contribution in [2.45, 2.75) is 18.7 Å². The third kappa shape index (κ3) is 3.24. The van der Waals surface area contributed by atoms with E-state index in [-0.39, 0.29) is 17.4 Å². The summed E-state index contributed by atoms with van der Waals surface area (Å²) in [5, 5.41) is 16.6. The number of furan rings is 1. The quantitative estimate of drug-likeness (QED) is 0.595. The van der Waals surface area contributed by atoms with Crippen molar-refractivity contribution in [3.05, 3.63) is 71.2 Å². The second-order valence-electron chi connectivity index (χ2n) is 7.54. The number of benzene rings is 2. The summed E-state index contributed by atoms with van der Waals surface area (Å²) < 4.78 is 28.2. The molecular formula is C24H22N2O7. The average molecular weight is 450 g/mol. The number of hydrogen-bond donors (Lipinski definition) is 1. The third-order valence-electron chi connectivity index (χ3n) is 5.86. The number of rotatable bonds is 6. The van der Waals surface area contributed by atoms with Gasteiger partial charge in [-0.3, -0.25) is 0 Å². The van der Waals surface area contributed by atoms with Crippen LogP contribution in [0.5, 0.6) is 23.0 Å². The van der Waals surface area contributed by atoms with Gasteiger partial charge in [-0.05, 0) is 30.3 Å². The second-order valence-corrected chi connectivity index (χ2v) is 7.54. The van der Waals surface area contributed by atoms with Gasteiger partial charge < -0.3 is 28.5 Å². The fraction of sp³-hybridized carbons (Fsp3) is 0.250. The third-order valence-corrected chi connectivity index (χ3v) is 5.86. The van der Waals surface area contributed by atoms with E-state index in [2.05, 4.69) is 0 Å². The number of methoxy groups -OCH3 is 3. The van der Waals surface area contributed by atoms with Crippen molar-refractivity contribution in [2.24, 2.45) is 5.10 Å². The molecule has 0 saturated carbocycles. The van der Waals surface area contributed by atoms with Gasteiger partial charge in [0.25, 0.3) is 0 Å². The number of ether oxygens (including phenoxy) is 4. The van der Waals surface area contributed by atoms with Crippen LogP contribution < -0.4 is 18.9 Å². The monoisotopic (exact) mass is 450 g/mol. The van der Waals surface area contributed by atoms with E-state index in [1.807, 2.05) is 24.3 Å². The molecule has 5 rings (SSSR count). The number of hydrogen-bond acceptors (Lipinski definition) is 8. The van der Waals surface area contributed by atoms with E-state index < -0.39 is 12.2 Å². The molecule has 0 amide bonds. The van der Waals surface area contributed by atoms with E-state index in [1.54, 1.807) is 36.6 Å². The zero-order valence-corrected chi connectivity index (χ0v) is 18.3. The summed E-state index contributed by atoms with van der Waals surface area (Å²) in [7, 11) is 4.43. The van der Waals surface area contributed by atoms with Crippen molar-refractivity contribution in [3.63, 3.8) is 0 Å². The maximum Gasteiger partial charge on any atom is 0.340 e. The number of carboxylic acid groups (broad SMARTS) is 1. The zero-order chi connectivity index (χ0) is 23.1. The van der Waals surface area contributed by atoms with E-state index >= 15 is 0 Å². The topological polar surface area (TPSA) is 103 Å². The Kier molecular flexibility index (Phi) is 5.08. The molecule has 0 bridgehead atoms. The van der Waals surface area contributed by atoms with Crippen LogP contribution in [0.4, 0.5) is 0 Å². The first-order valence-corrected chi connectivity index (χ1v) is 10.3. The van der Waals surface area contributed by atoms with E-state index in [1.165, 1.54) is 14.2 Å². The molecule has 9 heteroatoms. The maximum absolute atomic E-state index is 12.3. The molecule has 0 saturated heterocycles. The highest BCUT2D eigenvalue weighted by atomic mass is 16.5. The Hall–Kier alpha value is -4.14. The summed E-state index contributed by atoms with van der Waals surface area (Å²) in [4.78, 5) is 12.3. The minimum absolute atomic E-state index is 0.0550. The molecule has 0 fully saturated rings. The van der Waals surface area contributed by atoms with Crippen LogP contribution >= 0.6 is 0 Å². The lowest BCUT2D eigenvalue weighted by molar-refractivity contribution is -0.0217. The largest absolute Gasteiger partial charge is 0.493 e. The average Bonchev–Trinajstić information content (AvgIpc) is 3.52. The van der Waals surface area contributed by atoms with Gasteiger partial charge in [0.2, 0.25) is 6.23 Å². The fourth-order valence-corrected chi connectivity index (χ4v) is 4.41. The lowest BCUT2D eigenvalue weighted by atomic mass is 9.95. The zero-order valence-electron chi connectivity index (χ0n) is 18.3. The first kappa shape index (κ1) is 20.7. The van der Waals surface area contributed by atoms with Gasteiger partial charge in [0.15, 0.2) is 23.0 Å². The van der Waals surface area contributed by atoms with Gasteiger partial charge in [-0.2, -0.15) is 5.10 Å². The summed E-state index contributed by atoms with van der Waals surface area (Å²) in [5.41, 5.74) is 1.96. The molecule has 3 heterocycles. The minimum atomic E-state index is -1.17. The Bertz CT molecular complexity index is 1240. The van der Waals surface area contributed by atoms with Crippen LogP contribution in [0.25, 0.3) is 0 Å². The summed E-state index contributed by atoms with van der Waals surface area (Å²) in [6.07, 6.45) is 1.30. The Balaban J connectivity index is 1.71. The van der Waals surface area contributed by atoms with E-state index in [0.29, 0.717) is 35.0 Å². The normalized spacial score (nSPS) is 18.6. The molecule has 0 spiro atoms. The molecule has 3 aromatic rings. The van der Waals surface area contributed by atoms with Crippen LogP contribution in [0.2, 0.25) is 0 Å². The molecule has 1 aromatic heterocycles. The number of nitrogens with zero attached hydrogens (tertiary/aromatic N) is 2. The first-order chi connectivity index (χ1) is 16.1. The molecule has 2 atom stereocenters. The first-order valence-electron chi connectivity index (χ1n) is 10.3. The molecule has 2 aliphatic rings. The van der Waals surface area contributed by atoms with Gasteiger partial charge in [-0.1, -0.05) is 12.1 Å². The lowest BCUT2D eigenvalue weighted by Crippen LogP contribution is -2.35. The van der Waals surface area contributed by atoms with E-state index in [9.17, 15) is 9.90 Å². The van der Waals surface area contributed by atoms with Gasteiger partial charge in [0.1, 0.15) is 17.0 Å². The molecule has 2 aromatic carbocycles. The predicted octanol–water partition coefficient (Wildman–Crippen LogP) is 4.25. The molecule has 1 N–H and O–H groups in total. The Morgan fingerprint density at radius 2 is 1.85 bits per heavy atom. The highest BCUT2D eigenvalue weighted by molar-refractivity contribution is 5.99. The van der Waals surface area contributed by atoms with Crippen LogP contribution in [0.1, 0.15) is 45.9 Å². The molecule has 33 heavy (non-hydrogen) atoms. The highest BCUT2D eigenvalue weighted by Crippen LogP contribution is 2.52. The summed E-state index contributed by atoms with van der Waals surface area (Å²) in [5.74, 6) is 1.02. The second kappa shape index (κ2) is 8.09. The smallest absolute Gasteiger partial charge is 0.340 e. The van der Waals surface area contributed by atoms with Crippen molar-refractivity contribution < 1.29 is 33.3 Å². The number of fused-ring (bicyclic) bond motifs is 3. The molecule has 2 aliphatic heterocycles. The van der Waals surface area contributed by atoms with Gasteiger partial charge in [-0.15, -0.1) is 0 Å². The number of para-hydroxylation sites is 1. The van der Waals surface area contributed by atoms with Gasteiger partial charge >= 0.3 is 5.97 Å². The standard InChI is InChI=1S/C24H22N2O7/c1-29-18-7-4-6-13-16-12-15(17-8-5-11-32-17)25-26(16)23(33-21(13)18)14-9-10-19(30-2)22(31-3)20(14)24(27)28/h4-11,16,23H,12H2,1-3H3,(H,27,28)/t16-,23+/m1/s1. The molecule has 0 aliphatic carbocycles. The summed E-state index contributed by atoms with van der Waals surface area (Å²) in [6, 6.07) is 12.4. The molecule has 170 valence electrons. The van der Waals surface area contributed by atoms with Gasteiger partial charge in [0.05, 0.1) is 33.6 Å². The Labute approximate surface area is 189 Å². The van der Waals surface area contributed by atoms with E-state index in [4.69, 9.17) is 28.5 Å². The van der Waals surface area contributed by atoms with Crippen molar-refractivity contribution >= 4 is 11.7 Å². The predicted molar refractivity (Wildman–Crippen MR) is 117 cm³/mol. The van der Waals surface area contributed by atoms with Crippen LogP contribution in [-0.4, -0.2) is 43.1 Å². The maximum atomic E-state index is 12.3. The SMILES string of the molecule is COc1cccc2c1O[C@@H](c1ccc(OC)c(OC)c1C(=O)O)N1N=C(c3ccco3)C[C@H]21. The van der Waals surface area contributed by atoms with Gasteiger partial charge in [0, 0.05) is 17.5 Å². The number of hydrazone groups is 1. The van der Waals surface area contributed by atoms with Crippen LogP contribution in [0.15, 0.2) is 58.2 Å². The summed E-state index contributed by atoms with van der Waals surface area (Å²) in [6.45, 7) is 0. The van der Waals surface area contributed by atoms with Crippen molar-refractivity contribution in [1.29, 1.82) is 0 Å².